The Kier molecular flexibility index (Phi) is 7.24. The Balaban J connectivity index is 1.51. The van der Waals surface area contributed by atoms with Gasteiger partial charge in [0.2, 0.25) is 5.91 Å². The van der Waals surface area contributed by atoms with E-state index in [4.69, 9.17) is 16.3 Å². The van der Waals surface area contributed by atoms with Crippen molar-refractivity contribution in [3.05, 3.63) is 83.1 Å². The van der Waals surface area contributed by atoms with Crippen LogP contribution in [0.4, 0.5) is 16.2 Å². The van der Waals surface area contributed by atoms with Crippen LogP contribution in [0.3, 0.4) is 0 Å². The van der Waals surface area contributed by atoms with Crippen LogP contribution < -0.4 is 20.7 Å². The normalized spacial score (nSPS) is 10.2. The Morgan fingerprint density at radius 1 is 1.03 bits per heavy atom. The highest BCUT2D eigenvalue weighted by atomic mass is 35.5. The lowest BCUT2D eigenvalue weighted by Gasteiger charge is -2.11. The van der Waals surface area contributed by atoms with Gasteiger partial charge in [0.05, 0.1) is 16.4 Å². The van der Waals surface area contributed by atoms with Crippen molar-refractivity contribution >= 4 is 34.9 Å². The number of carbonyl (C=O) groups excluding carboxylic acids is 2. The summed E-state index contributed by atoms with van der Waals surface area (Å²) in [5.74, 6) is 0.493. The molecule has 0 aliphatic heterocycles. The molecule has 3 aromatic rings. The summed E-state index contributed by atoms with van der Waals surface area (Å²) in [5, 5.41) is 8.42. The van der Waals surface area contributed by atoms with E-state index in [1.807, 2.05) is 42.5 Å². The van der Waals surface area contributed by atoms with Gasteiger partial charge in [0.25, 0.3) is 0 Å². The van der Waals surface area contributed by atoms with Crippen LogP contribution in [-0.4, -0.2) is 16.9 Å². The van der Waals surface area contributed by atoms with Gasteiger partial charge in [-0.3, -0.25) is 9.78 Å². The molecular formula is C22H21ClN4O3. The van der Waals surface area contributed by atoms with E-state index >= 15 is 0 Å². The molecule has 0 unspecified atom stereocenters. The number of hydrogen-bond donors (Lipinski definition) is 3. The van der Waals surface area contributed by atoms with Crippen LogP contribution in [-0.2, 0) is 17.9 Å². The Morgan fingerprint density at radius 2 is 1.90 bits per heavy atom. The number of benzene rings is 2. The van der Waals surface area contributed by atoms with Gasteiger partial charge in [-0.15, -0.1) is 0 Å². The Hall–Kier alpha value is -3.58. The van der Waals surface area contributed by atoms with Crippen molar-refractivity contribution in [1.82, 2.24) is 10.3 Å². The van der Waals surface area contributed by atoms with Gasteiger partial charge in [-0.25, -0.2) is 4.79 Å². The molecule has 7 nitrogen and oxygen atoms in total. The van der Waals surface area contributed by atoms with E-state index < -0.39 is 6.03 Å². The molecule has 0 fully saturated rings. The first-order valence-electron chi connectivity index (χ1n) is 9.23. The van der Waals surface area contributed by atoms with Crippen LogP contribution in [0.1, 0.15) is 18.2 Å². The number of anilines is 2. The van der Waals surface area contributed by atoms with Crippen LogP contribution >= 0.6 is 11.6 Å². The second-order valence-corrected chi connectivity index (χ2v) is 6.85. The van der Waals surface area contributed by atoms with Gasteiger partial charge >= 0.3 is 6.03 Å². The molecule has 3 amide bonds. The fourth-order valence-corrected chi connectivity index (χ4v) is 2.86. The predicted molar refractivity (Wildman–Crippen MR) is 117 cm³/mol. The van der Waals surface area contributed by atoms with E-state index in [9.17, 15) is 9.59 Å². The molecule has 154 valence electrons. The molecule has 0 spiro atoms. The topological polar surface area (TPSA) is 92.4 Å². The summed E-state index contributed by atoms with van der Waals surface area (Å²) in [4.78, 5) is 27.5. The summed E-state index contributed by atoms with van der Waals surface area (Å²) < 4.78 is 5.75. The minimum absolute atomic E-state index is 0.198. The number of carbonyl (C=O) groups is 2. The molecule has 1 aromatic heterocycles. The highest BCUT2D eigenvalue weighted by Gasteiger charge is 2.08. The van der Waals surface area contributed by atoms with Crippen molar-refractivity contribution < 1.29 is 14.3 Å². The average Bonchev–Trinajstić information content (AvgIpc) is 2.73. The van der Waals surface area contributed by atoms with Gasteiger partial charge in [-0.1, -0.05) is 29.8 Å². The van der Waals surface area contributed by atoms with Gasteiger partial charge < -0.3 is 20.7 Å². The second kappa shape index (κ2) is 10.3. The molecule has 0 aliphatic carbocycles. The van der Waals surface area contributed by atoms with Gasteiger partial charge in [-0.2, -0.15) is 0 Å². The molecule has 0 aliphatic rings. The van der Waals surface area contributed by atoms with Crippen LogP contribution in [0.2, 0.25) is 5.02 Å². The molecule has 8 heteroatoms. The van der Waals surface area contributed by atoms with Crippen LogP contribution in [0.25, 0.3) is 0 Å². The van der Waals surface area contributed by atoms with Gasteiger partial charge in [0.1, 0.15) is 12.4 Å². The van der Waals surface area contributed by atoms with Gasteiger partial charge in [-0.05, 0) is 48.0 Å². The summed E-state index contributed by atoms with van der Waals surface area (Å²) in [5.41, 5.74) is 2.72. The molecular weight excluding hydrogens is 404 g/mol. The van der Waals surface area contributed by atoms with E-state index in [1.54, 1.807) is 24.4 Å². The number of urea groups is 1. The number of amides is 3. The number of ether oxygens (including phenoxy) is 1. The SMILES string of the molecule is CC(=O)Nc1ccc(NC(=O)NCc2cccc(OCc3ccccn3)c2)c(Cl)c1. The third kappa shape index (κ3) is 6.49. The fourth-order valence-electron chi connectivity index (χ4n) is 2.63. The first kappa shape index (κ1) is 21.1. The van der Waals surface area contributed by atoms with E-state index in [-0.39, 0.29) is 5.91 Å². The first-order chi connectivity index (χ1) is 14.5. The molecule has 0 saturated carbocycles. The van der Waals surface area contributed by atoms with Crippen molar-refractivity contribution in [3.8, 4) is 5.75 Å². The van der Waals surface area contributed by atoms with E-state index in [2.05, 4.69) is 20.9 Å². The number of rotatable bonds is 7. The smallest absolute Gasteiger partial charge is 0.319 e. The quantitative estimate of drug-likeness (QED) is 0.517. The zero-order valence-corrected chi connectivity index (χ0v) is 17.1. The highest BCUT2D eigenvalue weighted by molar-refractivity contribution is 6.34. The van der Waals surface area contributed by atoms with E-state index in [1.165, 1.54) is 6.92 Å². The third-order valence-electron chi connectivity index (χ3n) is 4.00. The van der Waals surface area contributed by atoms with Crippen molar-refractivity contribution in [1.29, 1.82) is 0 Å². The van der Waals surface area contributed by atoms with Crippen LogP contribution in [0.15, 0.2) is 66.9 Å². The van der Waals surface area contributed by atoms with Crippen LogP contribution in [0, 0.1) is 0 Å². The number of nitrogens with zero attached hydrogens (tertiary/aromatic N) is 1. The Bertz CT molecular complexity index is 1030. The lowest BCUT2D eigenvalue weighted by Crippen LogP contribution is -2.28. The minimum atomic E-state index is -0.399. The first-order valence-corrected chi connectivity index (χ1v) is 9.61. The third-order valence-corrected chi connectivity index (χ3v) is 4.31. The molecule has 30 heavy (non-hydrogen) atoms. The summed E-state index contributed by atoms with van der Waals surface area (Å²) in [6, 6.07) is 17.6. The molecule has 0 bridgehead atoms. The number of nitrogens with one attached hydrogen (secondary N) is 3. The Morgan fingerprint density at radius 3 is 2.63 bits per heavy atom. The number of hydrogen-bond acceptors (Lipinski definition) is 4. The minimum Gasteiger partial charge on any atom is -0.487 e. The number of halogens is 1. The van der Waals surface area contributed by atoms with Crippen molar-refractivity contribution in [2.75, 3.05) is 10.6 Å². The highest BCUT2D eigenvalue weighted by Crippen LogP contribution is 2.25. The molecule has 0 radical (unpaired) electrons. The number of pyridine rings is 1. The van der Waals surface area contributed by atoms with Gasteiger partial charge in [0.15, 0.2) is 0 Å². The average molecular weight is 425 g/mol. The predicted octanol–water partition coefficient (Wildman–Crippen LogP) is 4.59. The monoisotopic (exact) mass is 424 g/mol. The molecule has 3 rings (SSSR count). The van der Waals surface area contributed by atoms with Crippen molar-refractivity contribution in [2.24, 2.45) is 0 Å². The lowest BCUT2D eigenvalue weighted by atomic mass is 10.2. The zero-order chi connectivity index (χ0) is 21.3. The summed E-state index contributed by atoms with van der Waals surface area (Å²) in [6.45, 7) is 2.09. The van der Waals surface area contributed by atoms with Crippen molar-refractivity contribution in [2.45, 2.75) is 20.1 Å². The maximum absolute atomic E-state index is 12.2. The van der Waals surface area contributed by atoms with Gasteiger partial charge in [0, 0.05) is 25.4 Å². The molecule has 0 atom stereocenters. The summed E-state index contributed by atoms with van der Waals surface area (Å²) in [6.07, 6.45) is 1.72. The summed E-state index contributed by atoms with van der Waals surface area (Å²) >= 11 is 6.16. The number of aromatic nitrogens is 1. The molecule has 0 saturated heterocycles. The molecule has 2 aromatic carbocycles. The summed E-state index contributed by atoms with van der Waals surface area (Å²) in [7, 11) is 0. The fraction of sp³-hybridized carbons (Fsp3) is 0.136. The largest absolute Gasteiger partial charge is 0.487 e. The lowest BCUT2D eigenvalue weighted by molar-refractivity contribution is -0.114. The maximum Gasteiger partial charge on any atom is 0.319 e. The van der Waals surface area contributed by atoms with Crippen LogP contribution in [0.5, 0.6) is 5.75 Å². The molecule has 3 N–H and O–H groups in total. The second-order valence-electron chi connectivity index (χ2n) is 6.44. The zero-order valence-electron chi connectivity index (χ0n) is 16.3. The van der Waals surface area contributed by atoms with E-state index in [0.717, 1.165) is 11.3 Å². The maximum atomic E-state index is 12.2. The Labute approximate surface area is 179 Å². The van der Waals surface area contributed by atoms with Crippen molar-refractivity contribution in [3.63, 3.8) is 0 Å². The standard InChI is InChI=1S/C22H21ClN4O3/c1-15(28)26-17-8-9-21(20(23)12-17)27-22(29)25-13-16-5-4-7-19(11-16)30-14-18-6-2-3-10-24-18/h2-12H,13-14H2,1H3,(H,26,28)(H2,25,27,29). The van der Waals surface area contributed by atoms with E-state index in [0.29, 0.717) is 35.3 Å². The molecule has 1 heterocycles.